The minimum absolute atomic E-state index is 0.0208. The van der Waals surface area contributed by atoms with Gasteiger partial charge in [0.15, 0.2) is 0 Å². The summed E-state index contributed by atoms with van der Waals surface area (Å²) in [6.45, 7) is 8.73. The summed E-state index contributed by atoms with van der Waals surface area (Å²) in [5.41, 5.74) is 3.40. The molecule has 3 rings (SSSR count). The number of ether oxygens (including phenoxy) is 1. The topological polar surface area (TPSA) is 75.1 Å². The van der Waals surface area contributed by atoms with E-state index in [1.54, 1.807) is 0 Å². The Balaban J connectivity index is 1.68. The van der Waals surface area contributed by atoms with Crippen molar-refractivity contribution in [2.45, 2.75) is 70.8 Å². The fourth-order valence-electron chi connectivity index (χ4n) is 3.99. The van der Waals surface area contributed by atoms with Crippen molar-refractivity contribution in [1.82, 2.24) is 10.2 Å². The third kappa shape index (κ3) is 5.57. The van der Waals surface area contributed by atoms with Gasteiger partial charge in [0.1, 0.15) is 17.0 Å². The monoisotopic (exact) mass is 391 g/mol. The number of aryl methyl sites for hydroxylation is 1. The smallest absolute Gasteiger partial charge is 0.136 e. The predicted molar refractivity (Wildman–Crippen MR) is 109 cm³/mol. The first-order valence-electron chi connectivity index (χ1n) is 10.0. The molecule has 2 aromatic rings. The van der Waals surface area contributed by atoms with E-state index in [2.05, 4.69) is 55.8 Å². The molecule has 152 valence electrons. The van der Waals surface area contributed by atoms with Gasteiger partial charge in [-0.25, -0.2) is 0 Å². The lowest BCUT2D eigenvalue weighted by Gasteiger charge is -2.42. The van der Waals surface area contributed by atoms with E-state index in [0.29, 0.717) is 18.5 Å². The number of aliphatic carboxylic acids is 1. The molecular formula is C24H27N2O3-. The summed E-state index contributed by atoms with van der Waals surface area (Å²) in [6, 6.07) is 9.83. The quantitative estimate of drug-likeness (QED) is 0.578. The molecule has 2 heterocycles. The zero-order chi connectivity index (χ0) is 21.1. The molecule has 0 N–H and O–H groups in total. The fraction of sp³-hybridized carbons (Fsp3) is 0.458. The Morgan fingerprint density at radius 2 is 1.90 bits per heavy atom. The number of fused-ring (bicyclic) bond motifs is 1. The van der Waals surface area contributed by atoms with Gasteiger partial charge in [-0.2, -0.15) is 5.10 Å². The summed E-state index contributed by atoms with van der Waals surface area (Å²) in [5.74, 6) is 6.16. The van der Waals surface area contributed by atoms with Crippen LogP contribution < -0.4 is 9.84 Å². The van der Waals surface area contributed by atoms with Crippen molar-refractivity contribution in [3.63, 3.8) is 0 Å². The number of carboxylic acid groups (broad SMARTS) is 1. The number of unbranched alkanes of at least 4 members (excludes halogenated alkanes) is 1. The minimum atomic E-state index is -1.01. The van der Waals surface area contributed by atoms with Crippen LogP contribution in [0.2, 0.25) is 0 Å². The van der Waals surface area contributed by atoms with Crippen LogP contribution in [0.25, 0.3) is 0 Å². The van der Waals surface area contributed by atoms with Gasteiger partial charge in [-0.1, -0.05) is 19.8 Å². The highest BCUT2D eigenvalue weighted by atomic mass is 16.5. The second-order valence-electron chi connectivity index (χ2n) is 8.87. The molecule has 1 aliphatic rings. The van der Waals surface area contributed by atoms with Crippen molar-refractivity contribution < 1.29 is 14.6 Å². The number of nitrogens with zero attached hydrogens (tertiary/aromatic N) is 2. The number of rotatable bonds is 5. The summed E-state index contributed by atoms with van der Waals surface area (Å²) in [6.07, 6.45) is 3.06. The number of hydrogen-bond donors (Lipinski definition) is 0. The van der Waals surface area contributed by atoms with E-state index in [-0.39, 0.29) is 17.4 Å². The van der Waals surface area contributed by atoms with E-state index in [1.807, 2.05) is 24.3 Å². The summed E-state index contributed by atoms with van der Waals surface area (Å²) in [7, 11) is 0. The van der Waals surface area contributed by atoms with Crippen LogP contribution >= 0.6 is 0 Å². The molecule has 0 unspecified atom stereocenters. The number of aromatic nitrogens is 2. The minimum Gasteiger partial charge on any atom is -0.550 e. The van der Waals surface area contributed by atoms with Crippen LogP contribution in [0.4, 0.5) is 0 Å². The molecule has 5 nitrogen and oxygen atoms in total. The average molecular weight is 391 g/mol. The molecule has 0 radical (unpaired) electrons. The van der Waals surface area contributed by atoms with Crippen LogP contribution in [0.5, 0.6) is 5.75 Å². The van der Waals surface area contributed by atoms with Gasteiger partial charge in [0, 0.05) is 17.1 Å². The SMILES string of the molecule is CC1(C)CC(C)(C)c2cc(C#Cc3ccc(CCCCC(=O)[O-])nn3)ccc2O1. The van der Waals surface area contributed by atoms with Gasteiger partial charge < -0.3 is 14.6 Å². The highest BCUT2D eigenvalue weighted by Crippen LogP contribution is 2.44. The Labute approximate surface area is 172 Å². The van der Waals surface area contributed by atoms with Crippen LogP contribution in [0.3, 0.4) is 0 Å². The molecule has 0 atom stereocenters. The maximum atomic E-state index is 10.4. The first-order valence-corrected chi connectivity index (χ1v) is 10.0. The van der Waals surface area contributed by atoms with Crippen molar-refractivity contribution in [3.8, 4) is 17.6 Å². The largest absolute Gasteiger partial charge is 0.550 e. The summed E-state index contributed by atoms with van der Waals surface area (Å²) in [4.78, 5) is 10.4. The van der Waals surface area contributed by atoms with Crippen molar-refractivity contribution in [1.29, 1.82) is 0 Å². The van der Waals surface area contributed by atoms with Crippen molar-refractivity contribution in [2.24, 2.45) is 0 Å². The van der Waals surface area contributed by atoms with Gasteiger partial charge in [-0.05, 0) is 87.6 Å². The third-order valence-electron chi connectivity index (χ3n) is 5.08. The third-order valence-corrected chi connectivity index (χ3v) is 5.08. The summed E-state index contributed by atoms with van der Waals surface area (Å²) < 4.78 is 6.13. The maximum Gasteiger partial charge on any atom is 0.136 e. The van der Waals surface area contributed by atoms with Crippen LogP contribution in [0, 0.1) is 11.8 Å². The highest BCUT2D eigenvalue weighted by molar-refractivity contribution is 5.64. The highest BCUT2D eigenvalue weighted by Gasteiger charge is 2.38. The number of carbonyl (C=O) groups is 1. The van der Waals surface area contributed by atoms with Crippen LogP contribution in [0.1, 0.15) is 75.9 Å². The Morgan fingerprint density at radius 1 is 1.10 bits per heavy atom. The van der Waals surface area contributed by atoms with Gasteiger partial charge in [-0.3, -0.25) is 0 Å². The second kappa shape index (κ2) is 8.24. The standard InChI is InChI=1S/C24H28N2O3/c1-23(2)16-24(3,4)29-21-14-10-17(15-20(21)23)9-11-19-13-12-18(25-26-19)7-5-6-8-22(27)28/h10,12-15H,5-8,16H2,1-4H3,(H,27,28)/p-1. The molecule has 5 heteroatoms. The lowest BCUT2D eigenvalue weighted by Crippen LogP contribution is -2.41. The van der Waals surface area contributed by atoms with Crippen molar-refractivity contribution >= 4 is 5.97 Å². The Bertz CT molecular complexity index is 950. The zero-order valence-electron chi connectivity index (χ0n) is 17.5. The number of benzene rings is 1. The molecule has 0 fully saturated rings. The molecule has 0 saturated heterocycles. The number of carboxylic acids is 1. The lowest BCUT2D eigenvalue weighted by molar-refractivity contribution is -0.305. The van der Waals surface area contributed by atoms with Crippen molar-refractivity contribution in [2.75, 3.05) is 0 Å². The van der Waals surface area contributed by atoms with E-state index in [4.69, 9.17) is 4.74 Å². The maximum absolute atomic E-state index is 10.4. The number of carbonyl (C=O) groups excluding carboxylic acids is 1. The van der Waals surface area contributed by atoms with Gasteiger partial charge in [0.25, 0.3) is 0 Å². The Morgan fingerprint density at radius 3 is 2.59 bits per heavy atom. The predicted octanol–water partition coefficient (Wildman–Crippen LogP) is 3.18. The molecule has 1 aromatic heterocycles. The Kier molecular flexibility index (Phi) is 5.93. The average Bonchev–Trinajstić information content (AvgIpc) is 2.63. The molecule has 0 amide bonds. The molecule has 0 bridgehead atoms. The van der Waals surface area contributed by atoms with E-state index in [9.17, 15) is 9.90 Å². The van der Waals surface area contributed by atoms with E-state index >= 15 is 0 Å². The zero-order valence-corrected chi connectivity index (χ0v) is 17.5. The van der Waals surface area contributed by atoms with Crippen LogP contribution in [0.15, 0.2) is 30.3 Å². The first-order chi connectivity index (χ1) is 13.6. The fourth-order valence-corrected chi connectivity index (χ4v) is 3.99. The molecule has 0 spiro atoms. The summed E-state index contributed by atoms with van der Waals surface area (Å²) >= 11 is 0. The van der Waals surface area contributed by atoms with Gasteiger partial charge in [0.05, 0.1) is 5.69 Å². The van der Waals surface area contributed by atoms with Gasteiger partial charge in [0.2, 0.25) is 0 Å². The van der Waals surface area contributed by atoms with E-state index in [0.717, 1.165) is 29.8 Å². The lowest BCUT2D eigenvalue weighted by atomic mass is 9.73. The molecule has 0 saturated carbocycles. The van der Waals surface area contributed by atoms with Gasteiger partial charge >= 0.3 is 0 Å². The van der Waals surface area contributed by atoms with Gasteiger partial charge in [-0.15, -0.1) is 5.10 Å². The first kappa shape index (κ1) is 20.9. The molecular weight excluding hydrogens is 364 g/mol. The van der Waals surface area contributed by atoms with Crippen molar-refractivity contribution in [3.05, 3.63) is 52.8 Å². The molecule has 1 aliphatic heterocycles. The number of hydrogen-bond acceptors (Lipinski definition) is 5. The van der Waals surface area contributed by atoms with E-state index < -0.39 is 5.97 Å². The summed E-state index contributed by atoms with van der Waals surface area (Å²) in [5, 5.41) is 18.8. The van der Waals surface area contributed by atoms with Crippen LogP contribution in [-0.2, 0) is 16.6 Å². The molecule has 1 aromatic carbocycles. The van der Waals surface area contributed by atoms with E-state index in [1.165, 1.54) is 5.56 Å². The molecule has 29 heavy (non-hydrogen) atoms. The normalized spacial score (nSPS) is 16.1. The Hall–Kier alpha value is -2.87. The van der Waals surface area contributed by atoms with Crippen LogP contribution in [-0.4, -0.2) is 21.8 Å². The molecule has 0 aliphatic carbocycles. The second-order valence-corrected chi connectivity index (χ2v) is 8.87.